The Kier molecular flexibility index (Phi) is 10.8. The highest BCUT2D eigenvalue weighted by Gasteiger charge is 2.33. The number of hydrogen-bond donors (Lipinski definition) is 1. The first-order valence-electron chi connectivity index (χ1n) is 13.8. The van der Waals surface area contributed by atoms with Crippen molar-refractivity contribution in [3.05, 3.63) is 70.5 Å². The van der Waals surface area contributed by atoms with Crippen molar-refractivity contribution >= 4 is 37.9 Å². The van der Waals surface area contributed by atoms with Gasteiger partial charge < -0.3 is 20.3 Å². The van der Waals surface area contributed by atoms with E-state index in [2.05, 4.69) is 32.3 Å². The number of halogens is 3. The summed E-state index contributed by atoms with van der Waals surface area (Å²) in [5.41, 5.74) is 9.36. The van der Waals surface area contributed by atoms with E-state index in [1.165, 1.54) is 11.6 Å². The summed E-state index contributed by atoms with van der Waals surface area (Å²) in [7, 11) is 0. The molecule has 2 aliphatic rings. The van der Waals surface area contributed by atoms with Crippen LogP contribution in [0.1, 0.15) is 36.5 Å². The Balaban J connectivity index is 1.23. The van der Waals surface area contributed by atoms with E-state index < -0.39 is 6.04 Å². The quantitative estimate of drug-likeness (QED) is 0.397. The third kappa shape index (κ3) is 7.82. The molecule has 212 valence electrons. The Bertz CT molecular complexity index is 1150. The second kappa shape index (κ2) is 14.1. The van der Waals surface area contributed by atoms with E-state index in [1.54, 1.807) is 12.1 Å². The molecule has 2 N–H and O–H groups in total. The van der Waals surface area contributed by atoms with Crippen LogP contribution < -0.4 is 10.5 Å². The van der Waals surface area contributed by atoms with E-state index in [-0.39, 0.29) is 17.6 Å². The van der Waals surface area contributed by atoms with Crippen LogP contribution in [-0.4, -0.2) is 79.1 Å². The Morgan fingerprint density at radius 3 is 2.54 bits per heavy atom. The zero-order valence-electron chi connectivity index (χ0n) is 22.7. The molecule has 2 aromatic carbocycles. The first-order chi connectivity index (χ1) is 18.8. The van der Waals surface area contributed by atoms with Crippen molar-refractivity contribution in [1.82, 2.24) is 14.7 Å². The molecule has 0 spiro atoms. The number of nitrogens with zero attached hydrogens (tertiary/aromatic N) is 3. The van der Waals surface area contributed by atoms with Crippen LogP contribution in [0.4, 0.5) is 4.39 Å². The molecule has 0 aliphatic carbocycles. The predicted molar refractivity (Wildman–Crippen MR) is 160 cm³/mol. The number of rotatable bonds is 10. The van der Waals surface area contributed by atoms with Gasteiger partial charge in [-0.2, -0.15) is 0 Å². The molecule has 1 atom stereocenters. The molecule has 4 rings (SSSR count). The summed E-state index contributed by atoms with van der Waals surface area (Å²) in [5, 5.41) is 0.731. The number of ether oxygens (including phenoxy) is 1. The lowest BCUT2D eigenvalue weighted by Gasteiger charge is -2.39. The summed E-state index contributed by atoms with van der Waals surface area (Å²) < 4.78 is 21.0. The molecular weight excluding hydrogens is 583 g/mol. The smallest absolute Gasteiger partial charge is 0.239 e. The molecule has 0 bridgehead atoms. The van der Waals surface area contributed by atoms with Crippen LogP contribution in [-0.2, 0) is 17.8 Å². The highest BCUT2D eigenvalue weighted by Crippen LogP contribution is 2.28. The van der Waals surface area contributed by atoms with Crippen LogP contribution in [0.25, 0.3) is 4.48 Å². The molecule has 2 saturated heterocycles. The van der Waals surface area contributed by atoms with Crippen molar-refractivity contribution in [2.24, 2.45) is 11.7 Å². The van der Waals surface area contributed by atoms with Crippen molar-refractivity contribution in [3.8, 4) is 5.75 Å². The Hall–Kier alpha value is -1.97. The van der Waals surface area contributed by atoms with Crippen molar-refractivity contribution in [2.75, 3.05) is 52.4 Å². The van der Waals surface area contributed by atoms with E-state index in [4.69, 9.17) is 22.1 Å². The number of piperidine rings is 1. The third-order valence-corrected chi connectivity index (χ3v) is 8.59. The second-order valence-electron chi connectivity index (χ2n) is 10.4. The summed E-state index contributed by atoms with van der Waals surface area (Å²) in [6.07, 6.45) is 2.71. The topological polar surface area (TPSA) is 62.0 Å². The number of hydrogen-bond acceptors (Lipinski definition) is 5. The van der Waals surface area contributed by atoms with Crippen LogP contribution in [0.2, 0.25) is 5.02 Å². The van der Waals surface area contributed by atoms with E-state index in [9.17, 15) is 9.18 Å². The van der Waals surface area contributed by atoms with Crippen molar-refractivity contribution in [1.29, 1.82) is 0 Å². The Labute approximate surface area is 245 Å². The molecule has 2 aliphatic heterocycles. The van der Waals surface area contributed by atoms with Crippen molar-refractivity contribution in [2.45, 2.75) is 38.8 Å². The van der Waals surface area contributed by atoms with E-state index in [0.29, 0.717) is 50.6 Å². The van der Waals surface area contributed by atoms with Gasteiger partial charge in [-0.25, -0.2) is 4.39 Å². The number of carbonyl (C=O) groups is 1. The lowest BCUT2D eigenvalue weighted by molar-refractivity contribution is -0.136. The fourth-order valence-electron chi connectivity index (χ4n) is 5.59. The SMILES string of the molecule is C=C(Br)c1ccc(Cl)cc1CCN1CCC([C@@H](N)C(=O)N2CCN(Cc3c(F)cccc3OCC)CC2)CC1. The number of carbonyl (C=O) groups excluding carboxylic acids is 1. The van der Waals surface area contributed by atoms with Gasteiger partial charge >= 0.3 is 0 Å². The van der Waals surface area contributed by atoms with E-state index in [0.717, 1.165) is 54.0 Å². The number of nitrogens with two attached hydrogens (primary N) is 1. The predicted octanol–water partition coefficient (Wildman–Crippen LogP) is 5.17. The summed E-state index contributed by atoms with van der Waals surface area (Å²) in [6, 6.07) is 10.4. The summed E-state index contributed by atoms with van der Waals surface area (Å²) in [6.45, 7) is 12.2. The third-order valence-electron chi connectivity index (χ3n) is 7.92. The van der Waals surface area contributed by atoms with Gasteiger partial charge in [0.05, 0.1) is 12.6 Å². The van der Waals surface area contributed by atoms with Crippen LogP contribution >= 0.6 is 27.5 Å². The highest BCUT2D eigenvalue weighted by molar-refractivity contribution is 9.15. The lowest BCUT2D eigenvalue weighted by atomic mass is 9.88. The maximum atomic E-state index is 14.5. The van der Waals surface area contributed by atoms with E-state index in [1.807, 2.05) is 30.0 Å². The molecule has 0 radical (unpaired) electrons. The average Bonchev–Trinajstić information content (AvgIpc) is 2.93. The molecule has 0 unspecified atom stereocenters. The molecule has 2 fully saturated rings. The van der Waals surface area contributed by atoms with E-state index >= 15 is 0 Å². The number of likely N-dealkylation sites (tertiary alicyclic amines) is 1. The van der Waals surface area contributed by atoms with Gasteiger partial charge in [0.15, 0.2) is 0 Å². The van der Waals surface area contributed by atoms with Crippen LogP contribution in [0.3, 0.4) is 0 Å². The van der Waals surface area contributed by atoms with Crippen molar-refractivity contribution in [3.63, 3.8) is 0 Å². The minimum atomic E-state index is -0.480. The van der Waals surface area contributed by atoms with Gasteiger partial charge in [-0.3, -0.25) is 9.69 Å². The molecule has 6 nitrogen and oxygen atoms in total. The van der Waals surface area contributed by atoms with Gasteiger partial charge in [-0.15, -0.1) is 0 Å². The summed E-state index contributed by atoms with van der Waals surface area (Å²) >= 11 is 9.73. The molecule has 9 heteroatoms. The largest absolute Gasteiger partial charge is 0.493 e. The van der Waals surface area contributed by atoms with Gasteiger partial charge in [0.2, 0.25) is 5.91 Å². The Morgan fingerprint density at radius 2 is 1.87 bits per heavy atom. The molecule has 2 aromatic rings. The van der Waals surface area contributed by atoms with Gasteiger partial charge in [-0.1, -0.05) is 46.2 Å². The Morgan fingerprint density at radius 1 is 1.15 bits per heavy atom. The second-order valence-corrected chi connectivity index (χ2v) is 11.8. The minimum absolute atomic E-state index is 0.0356. The number of piperazine rings is 1. The maximum absolute atomic E-state index is 14.5. The molecule has 0 saturated carbocycles. The van der Waals surface area contributed by atoms with Gasteiger partial charge in [0.25, 0.3) is 0 Å². The highest BCUT2D eigenvalue weighted by atomic mass is 79.9. The fourth-order valence-corrected chi connectivity index (χ4v) is 6.17. The fraction of sp³-hybridized carbons (Fsp3) is 0.500. The minimum Gasteiger partial charge on any atom is -0.493 e. The average molecular weight is 622 g/mol. The van der Waals surface area contributed by atoms with Gasteiger partial charge in [-0.05, 0) is 80.6 Å². The molecule has 39 heavy (non-hydrogen) atoms. The van der Waals surface area contributed by atoms with Crippen molar-refractivity contribution < 1.29 is 13.9 Å². The van der Waals surface area contributed by atoms with Gasteiger partial charge in [0, 0.05) is 54.3 Å². The molecule has 2 heterocycles. The normalized spacial score (nSPS) is 18.2. The monoisotopic (exact) mass is 620 g/mol. The zero-order valence-corrected chi connectivity index (χ0v) is 25.0. The standard InChI is InChI=1S/C30H39BrClFN4O2/c1-3-39-28-6-4-5-27(33)26(28)20-36-15-17-37(18-16-36)30(38)29(34)22-9-12-35(13-10-22)14-11-23-19-24(32)7-8-25(23)21(2)31/h4-8,19,22,29H,2-3,9-18,20,34H2,1H3/t29-/m1/s1. The zero-order chi connectivity index (χ0) is 27.9. The van der Waals surface area contributed by atoms with Gasteiger partial charge in [0.1, 0.15) is 11.6 Å². The molecule has 0 aromatic heterocycles. The number of amides is 1. The summed E-state index contributed by atoms with van der Waals surface area (Å²) in [4.78, 5) is 19.7. The molecule has 1 amide bonds. The van der Waals surface area contributed by atoms with Crippen LogP contribution in [0.15, 0.2) is 43.0 Å². The lowest BCUT2D eigenvalue weighted by Crippen LogP contribution is -2.55. The summed E-state index contributed by atoms with van der Waals surface area (Å²) in [5.74, 6) is 0.553. The maximum Gasteiger partial charge on any atom is 0.239 e. The number of benzene rings is 2. The van der Waals surface area contributed by atoms with Crippen LogP contribution in [0, 0.1) is 11.7 Å². The molecular formula is C30H39BrClFN4O2. The van der Waals surface area contributed by atoms with Crippen LogP contribution in [0.5, 0.6) is 5.75 Å². The first-order valence-corrected chi connectivity index (χ1v) is 15.0. The first kappa shape index (κ1) is 30.0.